The highest BCUT2D eigenvalue weighted by molar-refractivity contribution is 5.92. The lowest BCUT2D eigenvalue weighted by molar-refractivity contribution is -0.892. The van der Waals surface area contributed by atoms with E-state index in [4.69, 9.17) is 0 Å². The molecule has 0 aliphatic carbocycles. The highest BCUT2D eigenvalue weighted by Gasteiger charge is 2.23. The van der Waals surface area contributed by atoms with Crippen molar-refractivity contribution >= 4 is 17.3 Å². The number of benzene rings is 2. The summed E-state index contributed by atoms with van der Waals surface area (Å²) in [6.45, 7) is 12.9. The fraction of sp³-hybridized carbons (Fsp3) is 0.409. The number of carbonyl (C=O) groups is 1. The predicted octanol–water partition coefficient (Wildman–Crippen LogP) is 2.26. The molecule has 4 nitrogen and oxygen atoms in total. The smallest absolute Gasteiger partial charge is 0.279 e. The van der Waals surface area contributed by atoms with Gasteiger partial charge in [0.05, 0.1) is 26.2 Å². The van der Waals surface area contributed by atoms with Crippen molar-refractivity contribution in [1.82, 2.24) is 0 Å². The average Bonchev–Trinajstić information content (AvgIpc) is 2.61. The van der Waals surface area contributed by atoms with Crippen molar-refractivity contribution in [3.8, 4) is 0 Å². The first kappa shape index (κ1) is 18.5. The van der Waals surface area contributed by atoms with Crippen LogP contribution in [0.15, 0.2) is 36.4 Å². The van der Waals surface area contributed by atoms with Crippen molar-refractivity contribution in [2.24, 2.45) is 0 Å². The summed E-state index contributed by atoms with van der Waals surface area (Å²) in [5, 5.41) is 3.08. The maximum Gasteiger partial charge on any atom is 0.279 e. The molecule has 2 N–H and O–H groups in total. The quantitative estimate of drug-likeness (QED) is 0.886. The van der Waals surface area contributed by atoms with E-state index in [9.17, 15) is 4.79 Å². The van der Waals surface area contributed by atoms with Gasteiger partial charge in [0.25, 0.3) is 5.91 Å². The second-order valence-electron chi connectivity index (χ2n) is 7.57. The molecule has 138 valence electrons. The van der Waals surface area contributed by atoms with Gasteiger partial charge in [-0.2, -0.15) is 0 Å². The number of piperazine rings is 1. The first-order valence-corrected chi connectivity index (χ1v) is 9.45. The van der Waals surface area contributed by atoms with Crippen LogP contribution >= 0.6 is 0 Å². The summed E-state index contributed by atoms with van der Waals surface area (Å²) in [6.07, 6.45) is 0. The molecule has 1 amide bonds. The van der Waals surface area contributed by atoms with Crippen LogP contribution in [-0.2, 0) is 4.79 Å². The van der Waals surface area contributed by atoms with E-state index in [0.29, 0.717) is 6.54 Å². The third-order valence-electron chi connectivity index (χ3n) is 5.25. The van der Waals surface area contributed by atoms with Crippen molar-refractivity contribution in [1.29, 1.82) is 0 Å². The van der Waals surface area contributed by atoms with Crippen LogP contribution in [0.2, 0.25) is 0 Å². The number of anilines is 2. The predicted molar refractivity (Wildman–Crippen MR) is 108 cm³/mol. The van der Waals surface area contributed by atoms with Crippen LogP contribution in [0.5, 0.6) is 0 Å². The van der Waals surface area contributed by atoms with Gasteiger partial charge in [-0.25, -0.2) is 0 Å². The molecule has 0 aromatic heterocycles. The molecule has 26 heavy (non-hydrogen) atoms. The fourth-order valence-electron chi connectivity index (χ4n) is 3.59. The van der Waals surface area contributed by atoms with E-state index in [1.807, 2.05) is 19.9 Å². The minimum absolute atomic E-state index is 0.105. The highest BCUT2D eigenvalue weighted by Crippen LogP contribution is 2.21. The van der Waals surface area contributed by atoms with Gasteiger partial charge in [0, 0.05) is 11.4 Å². The van der Waals surface area contributed by atoms with Gasteiger partial charge >= 0.3 is 0 Å². The van der Waals surface area contributed by atoms with Gasteiger partial charge in [-0.05, 0) is 62.1 Å². The molecule has 0 radical (unpaired) electrons. The number of aryl methyl sites for hydroxylation is 4. The van der Waals surface area contributed by atoms with Crippen LogP contribution in [-0.4, -0.2) is 38.6 Å². The Balaban J connectivity index is 1.54. The Morgan fingerprint density at radius 1 is 0.962 bits per heavy atom. The minimum atomic E-state index is 0.105. The van der Waals surface area contributed by atoms with Crippen LogP contribution in [0.3, 0.4) is 0 Å². The Morgan fingerprint density at radius 2 is 1.58 bits per heavy atom. The number of rotatable bonds is 4. The lowest BCUT2D eigenvalue weighted by Crippen LogP contribution is -3.15. The molecular formula is C22H30N3O+. The van der Waals surface area contributed by atoms with Crippen LogP contribution in [0, 0.1) is 27.7 Å². The highest BCUT2D eigenvalue weighted by atomic mass is 16.2. The van der Waals surface area contributed by atoms with Gasteiger partial charge in [0.2, 0.25) is 0 Å². The molecule has 1 saturated heterocycles. The first-order valence-electron chi connectivity index (χ1n) is 9.45. The second-order valence-corrected chi connectivity index (χ2v) is 7.57. The molecule has 1 aliphatic heterocycles. The number of carbonyl (C=O) groups excluding carboxylic acids is 1. The largest absolute Gasteiger partial charge is 0.360 e. The van der Waals surface area contributed by atoms with Crippen molar-refractivity contribution in [2.45, 2.75) is 27.7 Å². The Kier molecular flexibility index (Phi) is 5.62. The summed E-state index contributed by atoms with van der Waals surface area (Å²) < 4.78 is 0. The maximum atomic E-state index is 12.4. The van der Waals surface area contributed by atoms with E-state index in [2.05, 4.69) is 54.4 Å². The van der Waals surface area contributed by atoms with Gasteiger partial charge in [0.15, 0.2) is 6.54 Å². The summed E-state index contributed by atoms with van der Waals surface area (Å²) in [6, 6.07) is 12.8. The summed E-state index contributed by atoms with van der Waals surface area (Å²) in [4.78, 5) is 16.3. The van der Waals surface area contributed by atoms with E-state index in [-0.39, 0.29) is 5.91 Å². The van der Waals surface area contributed by atoms with E-state index < -0.39 is 0 Å². The van der Waals surface area contributed by atoms with E-state index in [0.717, 1.165) is 37.4 Å². The zero-order valence-electron chi connectivity index (χ0n) is 16.4. The number of hydrogen-bond donors (Lipinski definition) is 2. The number of nitrogens with one attached hydrogen (secondary N) is 2. The Bertz CT molecular complexity index is 792. The fourth-order valence-corrected chi connectivity index (χ4v) is 3.59. The molecule has 1 fully saturated rings. The molecule has 2 aromatic rings. The van der Waals surface area contributed by atoms with Crippen molar-refractivity contribution in [3.05, 3.63) is 58.7 Å². The van der Waals surface area contributed by atoms with Crippen LogP contribution in [0.4, 0.5) is 11.4 Å². The van der Waals surface area contributed by atoms with Gasteiger partial charge < -0.3 is 15.1 Å². The van der Waals surface area contributed by atoms with Gasteiger partial charge in [0.1, 0.15) is 0 Å². The second kappa shape index (κ2) is 7.92. The maximum absolute atomic E-state index is 12.4. The standard InChI is InChI=1S/C22H29N3O/c1-16-5-7-18(3)20(13-16)23-22(26)15-24-9-11-25(12-10-24)21-14-17(2)6-8-19(21)4/h5-8,13-14H,9-12,15H2,1-4H3,(H,23,26)/p+1. The summed E-state index contributed by atoms with van der Waals surface area (Å²) in [5.74, 6) is 0.105. The molecule has 0 spiro atoms. The van der Waals surface area contributed by atoms with E-state index in [1.165, 1.54) is 27.3 Å². The normalized spacial score (nSPS) is 15.2. The summed E-state index contributed by atoms with van der Waals surface area (Å²) >= 11 is 0. The molecule has 1 heterocycles. The zero-order chi connectivity index (χ0) is 18.7. The topological polar surface area (TPSA) is 36.8 Å². The molecule has 2 aromatic carbocycles. The number of quaternary nitrogens is 1. The van der Waals surface area contributed by atoms with E-state index in [1.54, 1.807) is 0 Å². The lowest BCUT2D eigenvalue weighted by atomic mass is 10.1. The molecule has 4 heteroatoms. The van der Waals surface area contributed by atoms with E-state index >= 15 is 0 Å². The molecule has 0 unspecified atom stereocenters. The zero-order valence-corrected chi connectivity index (χ0v) is 16.4. The number of amides is 1. The van der Waals surface area contributed by atoms with Crippen LogP contribution < -0.4 is 15.1 Å². The van der Waals surface area contributed by atoms with Crippen LogP contribution in [0.25, 0.3) is 0 Å². The first-order chi connectivity index (χ1) is 12.4. The molecule has 0 saturated carbocycles. The molecular weight excluding hydrogens is 322 g/mol. The lowest BCUT2D eigenvalue weighted by Gasteiger charge is -2.34. The average molecular weight is 353 g/mol. The molecule has 1 aliphatic rings. The molecule has 0 bridgehead atoms. The van der Waals surface area contributed by atoms with Crippen molar-refractivity contribution in [3.63, 3.8) is 0 Å². The Labute approximate surface area is 156 Å². The third kappa shape index (κ3) is 4.44. The number of hydrogen-bond acceptors (Lipinski definition) is 2. The molecule has 0 atom stereocenters. The molecule has 3 rings (SSSR count). The SMILES string of the molecule is Cc1ccc(C)c(NC(=O)C[NH+]2CCN(c3cc(C)ccc3C)CC2)c1. The Morgan fingerprint density at radius 3 is 2.27 bits per heavy atom. The third-order valence-corrected chi connectivity index (χ3v) is 5.25. The Hall–Kier alpha value is -2.33. The van der Waals surface area contributed by atoms with Gasteiger partial charge in [-0.3, -0.25) is 4.79 Å². The number of nitrogens with zero attached hydrogens (tertiary/aromatic N) is 1. The van der Waals surface area contributed by atoms with Gasteiger partial charge in [-0.1, -0.05) is 24.3 Å². The van der Waals surface area contributed by atoms with Crippen LogP contribution in [0.1, 0.15) is 22.3 Å². The minimum Gasteiger partial charge on any atom is -0.360 e. The summed E-state index contributed by atoms with van der Waals surface area (Å²) in [5.41, 5.74) is 7.17. The monoisotopic (exact) mass is 352 g/mol. The summed E-state index contributed by atoms with van der Waals surface area (Å²) in [7, 11) is 0. The van der Waals surface area contributed by atoms with Gasteiger partial charge in [-0.15, -0.1) is 0 Å². The van der Waals surface area contributed by atoms with Crippen molar-refractivity contribution < 1.29 is 9.69 Å². The van der Waals surface area contributed by atoms with Crippen molar-refractivity contribution in [2.75, 3.05) is 42.9 Å².